The summed E-state index contributed by atoms with van der Waals surface area (Å²) in [5, 5.41) is 2.74. The maximum atomic E-state index is 12.9. The zero-order valence-corrected chi connectivity index (χ0v) is 16.5. The number of ether oxygens (including phenoxy) is 2. The lowest BCUT2D eigenvalue weighted by atomic mass is 10.1. The molecule has 0 spiro atoms. The first-order valence-corrected chi connectivity index (χ1v) is 10.1. The average molecular weight is 410 g/mol. The molecule has 0 aliphatic rings. The number of halogens is 1. The Morgan fingerprint density at radius 1 is 1.00 bits per heavy atom. The predicted octanol–water partition coefficient (Wildman–Crippen LogP) is 1.87. The summed E-state index contributed by atoms with van der Waals surface area (Å²) in [6.45, 7) is 0.348. The predicted molar refractivity (Wildman–Crippen MR) is 102 cm³/mol. The molecule has 0 heterocycles. The van der Waals surface area contributed by atoms with Crippen LogP contribution >= 0.6 is 0 Å². The number of nitrogens with one attached hydrogen (secondary N) is 2. The number of hydrogen-bond donors (Lipinski definition) is 2. The number of benzene rings is 2. The van der Waals surface area contributed by atoms with Crippen LogP contribution in [-0.2, 0) is 21.2 Å². The van der Waals surface area contributed by atoms with Crippen LogP contribution in [0.15, 0.2) is 47.4 Å². The van der Waals surface area contributed by atoms with Crippen LogP contribution in [0.25, 0.3) is 0 Å². The maximum absolute atomic E-state index is 12.9. The van der Waals surface area contributed by atoms with E-state index in [0.717, 1.165) is 17.7 Å². The molecule has 0 unspecified atom stereocenters. The smallest absolute Gasteiger partial charge is 0.240 e. The molecule has 7 nitrogen and oxygen atoms in total. The van der Waals surface area contributed by atoms with Crippen molar-refractivity contribution in [2.45, 2.75) is 17.7 Å². The maximum Gasteiger partial charge on any atom is 0.240 e. The Balaban J connectivity index is 1.75. The molecule has 28 heavy (non-hydrogen) atoms. The van der Waals surface area contributed by atoms with E-state index in [2.05, 4.69) is 10.0 Å². The highest BCUT2D eigenvalue weighted by Gasteiger charge is 2.14. The molecule has 0 aliphatic heterocycles. The van der Waals surface area contributed by atoms with E-state index in [-0.39, 0.29) is 23.8 Å². The third-order valence-electron chi connectivity index (χ3n) is 3.95. The zero-order chi connectivity index (χ0) is 20.6. The lowest BCUT2D eigenvalue weighted by Gasteiger charge is -2.10. The number of rotatable bonds is 10. The minimum Gasteiger partial charge on any atom is -0.493 e. The van der Waals surface area contributed by atoms with Crippen molar-refractivity contribution >= 4 is 15.9 Å². The SMILES string of the molecule is COc1ccc(CCNC(=O)CCNS(=O)(=O)c2ccc(F)cc2)cc1OC. The van der Waals surface area contributed by atoms with E-state index in [0.29, 0.717) is 24.5 Å². The Morgan fingerprint density at radius 2 is 1.68 bits per heavy atom. The molecule has 2 aromatic carbocycles. The van der Waals surface area contributed by atoms with Crippen LogP contribution in [-0.4, -0.2) is 41.6 Å². The van der Waals surface area contributed by atoms with Crippen LogP contribution in [0, 0.1) is 5.82 Å². The van der Waals surface area contributed by atoms with Crippen molar-refractivity contribution in [3.8, 4) is 11.5 Å². The van der Waals surface area contributed by atoms with Crippen molar-refractivity contribution < 1.29 is 27.1 Å². The molecule has 0 saturated heterocycles. The Bertz CT molecular complexity index is 901. The summed E-state index contributed by atoms with van der Waals surface area (Å²) in [6, 6.07) is 9.97. The largest absolute Gasteiger partial charge is 0.493 e. The second kappa shape index (κ2) is 10.0. The summed E-state index contributed by atoms with van der Waals surface area (Å²) < 4.78 is 49.7. The highest BCUT2D eigenvalue weighted by Crippen LogP contribution is 2.27. The molecule has 2 N–H and O–H groups in total. The summed E-state index contributed by atoms with van der Waals surface area (Å²) in [5.74, 6) is 0.445. The van der Waals surface area contributed by atoms with Crippen LogP contribution in [0.3, 0.4) is 0 Å². The van der Waals surface area contributed by atoms with Crippen LogP contribution in [0.1, 0.15) is 12.0 Å². The molecule has 0 aliphatic carbocycles. The van der Waals surface area contributed by atoms with Gasteiger partial charge in [0, 0.05) is 19.5 Å². The van der Waals surface area contributed by atoms with Gasteiger partial charge in [-0.1, -0.05) is 6.07 Å². The quantitative estimate of drug-likeness (QED) is 0.624. The highest BCUT2D eigenvalue weighted by molar-refractivity contribution is 7.89. The summed E-state index contributed by atoms with van der Waals surface area (Å²) in [7, 11) is -0.663. The lowest BCUT2D eigenvalue weighted by molar-refractivity contribution is -0.120. The van der Waals surface area contributed by atoms with E-state index in [4.69, 9.17) is 9.47 Å². The normalized spacial score (nSPS) is 11.1. The van der Waals surface area contributed by atoms with E-state index >= 15 is 0 Å². The van der Waals surface area contributed by atoms with Gasteiger partial charge in [0.2, 0.25) is 15.9 Å². The first-order chi connectivity index (χ1) is 13.4. The van der Waals surface area contributed by atoms with Crippen molar-refractivity contribution in [3.05, 3.63) is 53.8 Å². The Morgan fingerprint density at radius 3 is 2.32 bits per heavy atom. The van der Waals surface area contributed by atoms with Crippen molar-refractivity contribution in [2.24, 2.45) is 0 Å². The van der Waals surface area contributed by atoms with Gasteiger partial charge in [0.15, 0.2) is 11.5 Å². The van der Waals surface area contributed by atoms with E-state index in [9.17, 15) is 17.6 Å². The molecular weight excluding hydrogens is 387 g/mol. The summed E-state index contributed by atoms with van der Waals surface area (Å²) in [5.41, 5.74) is 0.968. The number of amides is 1. The van der Waals surface area contributed by atoms with Gasteiger partial charge in [-0.3, -0.25) is 4.79 Å². The summed E-state index contributed by atoms with van der Waals surface area (Å²) >= 11 is 0. The first-order valence-electron chi connectivity index (χ1n) is 8.58. The Labute approximate surface area is 163 Å². The number of sulfonamides is 1. The molecule has 0 fully saturated rings. The molecule has 0 saturated carbocycles. The molecular formula is C19H23FN2O5S. The number of carbonyl (C=O) groups is 1. The number of hydrogen-bond acceptors (Lipinski definition) is 5. The average Bonchev–Trinajstić information content (AvgIpc) is 2.68. The molecule has 9 heteroatoms. The molecule has 2 rings (SSSR count). The fraction of sp³-hybridized carbons (Fsp3) is 0.316. The second-order valence-electron chi connectivity index (χ2n) is 5.89. The first kappa shape index (κ1) is 21.6. The number of carbonyl (C=O) groups excluding carboxylic acids is 1. The van der Waals surface area contributed by atoms with Crippen LogP contribution < -0.4 is 19.5 Å². The highest BCUT2D eigenvalue weighted by atomic mass is 32.2. The second-order valence-corrected chi connectivity index (χ2v) is 7.66. The molecule has 1 amide bonds. The monoisotopic (exact) mass is 410 g/mol. The third kappa shape index (κ3) is 6.21. The van der Waals surface area contributed by atoms with Gasteiger partial charge < -0.3 is 14.8 Å². The van der Waals surface area contributed by atoms with E-state index < -0.39 is 15.8 Å². The standard InChI is InChI=1S/C19H23FN2O5S/c1-26-17-8-3-14(13-18(17)27-2)9-11-21-19(23)10-12-22-28(24,25)16-6-4-15(20)5-7-16/h3-8,13,22H,9-12H2,1-2H3,(H,21,23). The molecule has 2 aromatic rings. The summed E-state index contributed by atoms with van der Waals surface area (Å²) in [4.78, 5) is 11.8. The Kier molecular flexibility index (Phi) is 7.77. The minimum atomic E-state index is -3.77. The van der Waals surface area contributed by atoms with Gasteiger partial charge in [-0.25, -0.2) is 17.5 Å². The number of methoxy groups -OCH3 is 2. The molecule has 0 aromatic heterocycles. The topological polar surface area (TPSA) is 93.7 Å². The van der Waals surface area contributed by atoms with E-state index in [1.54, 1.807) is 20.3 Å². The molecule has 152 valence electrons. The minimum absolute atomic E-state index is 0.00758. The fourth-order valence-corrected chi connectivity index (χ4v) is 3.50. The van der Waals surface area contributed by atoms with Crippen molar-refractivity contribution in [1.82, 2.24) is 10.0 Å². The van der Waals surface area contributed by atoms with Crippen molar-refractivity contribution in [3.63, 3.8) is 0 Å². The third-order valence-corrected chi connectivity index (χ3v) is 5.43. The van der Waals surface area contributed by atoms with Gasteiger partial charge in [0.25, 0.3) is 0 Å². The van der Waals surface area contributed by atoms with Gasteiger partial charge >= 0.3 is 0 Å². The van der Waals surface area contributed by atoms with Crippen molar-refractivity contribution in [1.29, 1.82) is 0 Å². The van der Waals surface area contributed by atoms with Gasteiger partial charge in [0.05, 0.1) is 19.1 Å². The lowest BCUT2D eigenvalue weighted by Crippen LogP contribution is -2.31. The molecule has 0 bridgehead atoms. The zero-order valence-electron chi connectivity index (χ0n) is 15.7. The summed E-state index contributed by atoms with van der Waals surface area (Å²) in [6.07, 6.45) is 0.583. The van der Waals surface area contributed by atoms with Gasteiger partial charge in [0.1, 0.15) is 5.82 Å². The van der Waals surface area contributed by atoms with Gasteiger partial charge in [-0.05, 0) is 48.4 Å². The molecule has 0 radical (unpaired) electrons. The fourth-order valence-electron chi connectivity index (χ4n) is 2.47. The van der Waals surface area contributed by atoms with Crippen LogP contribution in [0.5, 0.6) is 11.5 Å². The Hall–Kier alpha value is -2.65. The van der Waals surface area contributed by atoms with Crippen LogP contribution in [0.2, 0.25) is 0 Å². The van der Waals surface area contributed by atoms with Crippen LogP contribution in [0.4, 0.5) is 4.39 Å². The molecule has 0 atom stereocenters. The van der Waals surface area contributed by atoms with E-state index in [1.807, 2.05) is 12.1 Å². The van der Waals surface area contributed by atoms with E-state index in [1.165, 1.54) is 12.1 Å². The van der Waals surface area contributed by atoms with Gasteiger partial charge in [-0.2, -0.15) is 0 Å². The van der Waals surface area contributed by atoms with Gasteiger partial charge in [-0.15, -0.1) is 0 Å². The van der Waals surface area contributed by atoms with Crippen molar-refractivity contribution in [2.75, 3.05) is 27.3 Å².